The van der Waals surface area contributed by atoms with Crippen molar-refractivity contribution in [2.75, 3.05) is 13.2 Å². The molecule has 0 radical (unpaired) electrons. The zero-order chi connectivity index (χ0) is 48.1. The van der Waals surface area contributed by atoms with E-state index in [9.17, 15) is 14.4 Å². The Bertz CT molecular complexity index is 998. The van der Waals surface area contributed by atoms with E-state index in [1.807, 2.05) is 0 Å². The van der Waals surface area contributed by atoms with Crippen molar-refractivity contribution in [3.8, 4) is 0 Å². The molecule has 1 unspecified atom stereocenters. The Balaban J connectivity index is 4.30. The molecule has 0 N–H and O–H groups in total. The summed E-state index contributed by atoms with van der Waals surface area (Å²) in [6.07, 6.45) is 59.4. The van der Waals surface area contributed by atoms with Gasteiger partial charge in [0.25, 0.3) is 0 Å². The molecule has 0 aromatic heterocycles. The third-order valence-corrected chi connectivity index (χ3v) is 14.2. The second kappa shape index (κ2) is 54.4. The maximum Gasteiger partial charge on any atom is 0.306 e. The molecule has 66 heavy (non-hydrogen) atoms. The van der Waals surface area contributed by atoms with Gasteiger partial charge in [-0.1, -0.05) is 304 Å². The van der Waals surface area contributed by atoms with Crippen molar-refractivity contribution in [3.63, 3.8) is 0 Å². The van der Waals surface area contributed by atoms with Gasteiger partial charge in [-0.2, -0.15) is 0 Å². The van der Waals surface area contributed by atoms with Crippen LogP contribution < -0.4 is 0 Å². The molecule has 2 atom stereocenters. The van der Waals surface area contributed by atoms with E-state index in [4.69, 9.17) is 14.2 Å². The van der Waals surface area contributed by atoms with Crippen LogP contribution in [0.15, 0.2) is 0 Å². The summed E-state index contributed by atoms with van der Waals surface area (Å²) < 4.78 is 16.9. The van der Waals surface area contributed by atoms with Crippen LogP contribution >= 0.6 is 0 Å². The van der Waals surface area contributed by atoms with Crippen LogP contribution in [-0.2, 0) is 28.6 Å². The van der Waals surface area contributed by atoms with Gasteiger partial charge >= 0.3 is 17.9 Å². The van der Waals surface area contributed by atoms with Crippen molar-refractivity contribution in [1.29, 1.82) is 0 Å². The third-order valence-electron chi connectivity index (χ3n) is 14.2. The van der Waals surface area contributed by atoms with Gasteiger partial charge in [-0.05, 0) is 25.2 Å². The van der Waals surface area contributed by atoms with Gasteiger partial charge in [0.15, 0.2) is 6.10 Å². The monoisotopic (exact) mass is 933 g/mol. The van der Waals surface area contributed by atoms with E-state index in [1.165, 1.54) is 238 Å². The van der Waals surface area contributed by atoms with Gasteiger partial charge in [-0.15, -0.1) is 0 Å². The molecule has 0 aliphatic heterocycles. The van der Waals surface area contributed by atoms with Gasteiger partial charge in [0, 0.05) is 19.3 Å². The average molecular weight is 934 g/mol. The number of unbranched alkanes of at least 4 members (excludes halogenated alkanes) is 41. The summed E-state index contributed by atoms with van der Waals surface area (Å²) in [7, 11) is 0. The Morgan fingerprint density at radius 1 is 0.303 bits per heavy atom. The standard InChI is InChI=1S/C60H116O6/c1-5-8-10-12-14-16-18-20-22-24-26-28-30-35-39-43-47-51-58(61)64-54-57(55-65-59(62)52-48-44-40-36-33-32-34-38-42-46-50-56(4)7-3)66-60(63)53-49-45-41-37-31-29-27-25-23-21-19-17-15-13-11-9-6-2/h56-57H,5-55H2,1-4H3/t56?,57-/m0/s1. The molecule has 0 bridgehead atoms. The molecule has 0 rings (SSSR count). The minimum absolute atomic E-state index is 0.0618. The third kappa shape index (κ3) is 51.8. The number of hydrogen-bond donors (Lipinski definition) is 0. The lowest BCUT2D eigenvalue weighted by atomic mass is 9.99. The lowest BCUT2D eigenvalue weighted by Crippen LogP contribution is -2.30. The summed E-state index contributed by atoms with van der Waals surface area (Å²) in [5, 5.41) is 0. The first-order chi connectivity index (χ1) is 32.4. The summed E-state index contributed by atoms with van der Waals surface area (Å²) in [5.41, 5.74) is 0. The minimum atomic E-state index is -0.762. The van der Waals surface area contributed by atoms with Crippen molar-refractivity contribution < 1.29 is 28.6 Å². The maximum atomic E-state index is 12.9. The average Bonchev–Trinajstić information content (AvgIpc) is 3.32. The van der Waals surface area contributed by atoms with Crippen LogP contribution in [0, 0.1) is 5.92 Å². The molecule has 6 heteroatoms. The Morgan fingerprint density at radius 2 is 0.530 bits per heavy atom. The van der Waals surface area contributed by atoms with Crippen LogP contribution in [0.3, 0.4) is 0 Å². The van der Waals surface area contributed by atoms with E-state index in [0.29, 0.717) is 19.3 Å². The highest BCUT2D eigenvalue weighted by Crippen LogP contribution is 2.19. The topological polar surface area (TPSA) is 78.9 Å². The number of rotatable bonds is 55. The fraction of sp³-hybridized carbons (Fsp3) is 0.950. The molecule has 0 aliphatic carbocycles. The van der Waals surface area contributed by atoms with Crippen LogP contribution in [0.1, 0.15) is 342 Å². The highest BCUT2D eigenvalue weighted by atomic mass is 16.6. The predicted molar refractivity (Wildman–Crippen MR) is 284 cm³/mol. The Morgan fingerprint density at radius 3 is 0.788 bits per heavy atom. The first-order valence-corrected chi connectivity index (χ1v) is 29.9. The molecular formula is C60H116O6. The first-order valence-electron chi connectivity index (χ1n) is 29.9. The highest BCUT2D eigenvalue weighted by molar-refractivity contribution is 5.71. The Kier molecular flexibility index (Phi) is 53.0. The van der Waals surface area contributed by atoms with Gasteiger partial charge in [0.05, 0.1) is 0 Å². The second-order valence-electron chi connectivity index (χ2n) is 20.9. The van der Waals surface area contributed by atoms with E-state index < -0.39 is 6.10 Å². The molecule has 0 aliphatic rings. The molecule has 0 heterocycles. The van der Waals surface area contributed by atoms with Crippen molar-refractivity contribution >= 4 is 17.9 Å². The quantitative estimate of drug-likeness (QED) is 0.0343. The minimum Gasteiger partial charge on any atom is -0.462 e. The zero-order valence-corrected chi connectivity index (χ0v) is 45.2. The lowest BCUT2D eigenvalue weighted by molar-refractivity contribution is -0.167. The largest absolute Gasteiger partial charge is 0.462 e. The van der Waals surface area contributed by atoms with Gasteiger partial charge in [0.1, 0.15) is 13.2 Å². The fourth-order valence-corrected chi connectivity index (χ4v) is 9.25. The summed E-state index contributed by atoms with van der Waals surface area (Å²) in [5.74, 6) is 0.0362. The van der Waals surface area contributed by atoms with Crippen LogP contribution in [0.2, 0.25) is 0 Å². The van der Waals surface area contributed by atoms with E-state index >= 15 is 0 Å². The van der Waals surface area contributed by atoms with Crippen molar-refractivity contribution in [2.24, 2.45) is 5.92 Å². The molecule has 6 nitrogen and oxygen atoms in total. The molecule has 0 aromatic carbocycles. The van der Waals surface area contributed by atoms with Crippen LogP contribution in [-0.4, -0.2) is 37.2 Å². The van der Waals surface area contributed by atoms with Crippen molar-refractivity contribution in [1.82, 2.24) is 0 Å². The molecule has 392 valence electrons. The van der Waals surface area contributed by atoms with E-state index in [1.54, 1.807) is 0 Å². The summed E-state index contributed by atoms with van der Waals surface area (Å²) >= 11 is 0. The first kappa shape index (κ1) is 64.4. The lowest BCUT2D eigenvalue weighted by Gasteiger charge is -2.18. The van der Waals surface area contributed by atoms with E-state index in [0.717, 1.165) is 63.7 Å². The van der Waals surface area contributed by atoms with Gasteiger partial charge in [0.2, 0.25) is 0 Å². The Labute approximate surface area is 412 Å². The fourth-order valence-electron chi connectivity index (χ4n) is 9.25. The van der Waals surface area contributed by atoms with E-state index in [2.05, 4.69) is 27.7 Å². The molecule has 0 aromatic rings. The molecule has 0 saturated heterocycles. The smallest absolute Gasteiger partial charge is 0.306 e. The number of ether oxygens (including phenoxy) is 3. The van der Waals surface area contributed by atoms with Crippen molar-refractivity contribution in [2.45, 2.75) is 348 Å². The van der Waals surface area contributed by atoms with Gasteiger partial charge < -0.3 is 14.2 Å². The Hall–Kier alpha value is -1.59. The summed E-state index contributed by atoms with van der Waals surface area (Å²) in [6, 6.07) is 0. The molecular weight excluding hydrogens is 817 g/mol. The summed E-state index contributed by atoms with van der Waals surface area (Å²) in [4.78, 5) is 38.2. The second-order valence-corrected chi connectivity index (χ2v) is 20.9. The highest BCUT2D eigenvalue weighted by Gasteiger charge is 2.19. The molecule has 0 spiro atoms. The predicted octanol–water partition coefficient (Wildman–Crippen LogP) is 19.8. The van der Waals surface area contributed by atoms with Gasteiger partial charge in [-0.25, -0.2) is 0 Å². The summed E-state index contributed by atoms with van der Waals surface area (Å²) in [6.45, 7) is 9.09. The van der Waals surface area contributed by atoms with Gasteiger partial charge in [-0.3, -0.25) is 14.4 Å². The molecule has 0 fully saturated rings. The van der Waals surface area contributed by atoms with Crippen molar-refractivity contribution in [3.05, 3.63) is 0 Å². The maximum absolute atomic E-state index is 12.9. The number of hydrogen-bond acceptors (Lipinski definition) is 6. The number of esters is 3. The van der Waals surface area contributed by atoms with E-state index in [-0.39, 0.29) is 31.1 Å². The SMILES string of the molecule is CCCCCCCCCCCCCCCCCCCC(=O)OC[C@@H](COC(=O)CCCCCCCCCCCCC(C)CC)OC(=O)CCCCCCCCCCCCCCCCCCC. The van der Waals surface area contributed by atoms with Crippen LogP contribution in [0.5, 0.6) is 0 Å². The number of carbonyl (C=O) groups is 3. The molecule has 0 saturated carbocycles. The number of carbonyl (C=O) groups excluding carboxylic acids is 3. The van der Waals surface area contributed by atoms with Crippen LogP contribution in [0.4, 0.5) is 0 Å². The normalized spacial score (nSPS) is 12.4. The molecule has 0 amide bonds. The van der Waals surface area contributed by atoms with Crippen LogP contribution in [0.25, 0.3) is 0 Å². The zero-order valence-electron chi connectivity index (χ0n) is 45.2.